The molecule has 16 heavy (non-hydrogen) atoms. The Kier molecular flexibility index (Phi) is 3.98. The van der Waals surface area contributed by atoms with Crippen molar-refractivity contribution in [1.29, 1.82) is 0 Å². The minimum Gasteiger partial charge on any atom is -0.481 e. The van der Waals surface area contributed by atoms with Crippen molar-refractivity contribution in [2.75, 3.05) is 13.1 Å². The molecular weight excluding hydrogens is 212 g/mol. The van der Waals surface area contributed by atoms with Crippen molar-refractivity contribution < 1.29 is 14.7 Å². The smallest absolute Gasteiger partial charge is 0.305 e. The number of aliphatic carboxylic acids is 1. The van der Waals surface area contributed by atoms with E-state index in [-0.39, 0.29) is 24.7 Å². The molecule has 0 saturated heterocycles. The van der Waals surface area contributed by atoms with Crippen LogP contribution in [0.15, 0.2) is 0 Å². The quantitative estimate of drug-likeness (QED) is 0.739. The fourth-order valence-electron chi connectivity index (χ4n) is 1.21. The third-order valence-electron chi connectivity index (χ3n) is 2.05. The highest BCUT2D eigenvalue weighted by Crippen LogP contribution is 2.00. The Morgan fingerprint density at radius 3 is 2.62 bits per heavy atom. The molecule has 1 rings (SSSR count). The van der Waals surface area contributed by atoms with Gasteiger partial charge in [-0.15, -0.1) is 5.10 Å². The van der Waals surface area contributed by atoms with Crippen molar-refractivity contribution in [3.05, 3.63) is 11.6 Å². The van der Waals surface area contributed by atoms with Crippen LogP contribution in [0.25, 0.3) is 0 Å². The van der Waals surface area contributed by atoms with Gasteiger partial charge in [-0.3, -0.25) is 14.7 Å². The number of carboxylic acid groups (broad SMARTS) is 1. The van der Waals surface area contributed by atoms with Gasteiger partial charge < -0.3 is 10.0 Å². The van der Waals surface area contributed by atoms with Crippen LogP contribution >= 0.6 is 0 Å². The lowest BCUT2D eigenvalue weighted by atomic mass is 10.3. The van der Waals surface area contributed by atoms with Gasteiger partial charge in [0.25, 0.3) is 5.91 Å². The fourth-order valence-corrected chi connectivity index (χ4v) is 1.21. The number of aromatic amines is 1. The van der Waals surface area contributed by atoms with Gasteiger partial charge in [0.2, 0.25) is 5.82 Å². The van der Waals surface area contributed by atoms with Crippen molar-refractivity contribution >= 4 is 11.9 Å². The first-order valence-corrected chi connectivity index (χ1v) is 4.94. The van der Waals surface area contributed by atoms with E-state index in [1.54, 1.807) is 13.8 Å². The Morgan fingerprint density at radius 1 is 1.50 bits per heavy atom. The molecule has 1 amide bonds. The van der Waals surface area contributed by atoms with E-state index in [1.165, 1.54) is 4.90 Å². The molecule has 0 spiro atoms. The standard InChI is InChI=1S/C9H14N4O3/c1-3-13(5-4-7(14)15)9(16)8-10-6(2)11-12-8/h3-5H2,1-2H3,(H,14,15)(H,10,11,12). The number of H-pyrrole nitrogens is 1. The average molecular weight is 226 g/mol. The van der Waals surface area contributed by atoms with Gasteiger partial charge in [0.15, 0.2) is 0 Å². The highest BCUT2D eigenvalue weighted by Gasteiger charge is 2.18. The molecule has 1 aromatic rings. The summed E-state index contributed by atoms with van der Waals surface area (Å²) in [5, 5.41) is 14.8. The molecular formula is C9H14N4O3. The van der Waals surface area contributed by atoms with Crippen LogP contribution in [0.2, 0.25) is 0 Å². The summed E-state index contributed by atoms with van der Waals surface area (Å²) < 4.78 is 0. The first-order chi connectivity index (χ1) is 7.54. The number of nitrogens with one attached hydrogen (secondary N) is 1. The molecule has 2 N–H and O–H groups in total. The number of nitrogens with zero attached hydrogens (tertiary/aromatic N) is 3. The maximum absolute atomic E-state index is 11.8. The van der Waals surface area contributed by atoms with Crippen molar-refractivity contribution in [3.63, 3.8) is 0 Å². The molecule has 88 valence electrons. The van der Waals surface area contributed by atoms with Gasteiger partial charge in [0.05, 0.1) is 6.42 Å². The predicted molar refractivity (Wildman–Crippen MR) is 55.0 cm³/mol. The number of aryl methyl sites for hydroxylation is 1. The zero-order chi connectivity index (χ0) is 12.1. The number of rotatable bonds is 5. The third-order valence-corrected chi connectivity index (χ3v) is 2.05. The summed E-state index contributed by atoms with van der Waals surface area (Å²) in [6, 6.07) is 0. The van der Waals surface area contributed by atoms with E-state index >= 15 is 0 Å². The number of hydrogen-bond donors (Lipinski definition) is 2. The largest absolute Gasteiger partial charge is 0.481 e. The average Bonchev–Trinajstić information content (AvgIpc) is 2.65. The van der Waals surface area contributed by atoms with E-state index in [2.05, 4.69) is 15.2 Å². The second-order valence-electron chi connectivity index (χ2n) is 3.27. The Balaban J connectivity index is 2.66. The topological polar surface area (TPSA) is 99.2 Å². The summed E-state index contributed by atoms with van der Waals surface area (Å²) in [5.74, 6) is -0.659. The monoisotopic (exact) mass is 226 g/mol. The van der Waals surface area contributed by atoms with Gasteiger partial charge in [0.1, 0.15) is 5.82 Å². The normalized spacial score (nSPS) is 10.1. The van der Waals surface area contributed by atoms with E-state index in [4.69, 9.17) is 5.11 Å². The fraction of sp³-hybridized carbons (Fsp3) is 0.556. The lowest BCUT2D eigenvalue weighted by Crippen LogP contribution is -2.33. The lowest BCUT2D eigenvalue weighted by Gasteiger charge is -2.17. The SMILES string of the molecule is CCN(CCC(=O)O)C(=O)c1n[nH]c(C)n1. The van der Waals surface area contributed by atoms with E-state index in [0.29, 0.717) is 12.4 Å². The highest BCUT2D eigenvalue weighted by atomic mass is 16.4. The Labute approximate surface area is 92.5 Å². The van der Waals surface area contributed by atoms with Crippen LogP contribution in [-0.2, 0) is 4.79 Å². The molecule has 7 nitrogen and oxygen atoms in total. The predicted octanol–water partition coefficient (Wildman–Crippen LogP) is 0.0499. The van der Waals surface area contributed by atoms with Gasteiger partial charge in [0, 0.05) is 13.1 Å². The Bertz CT molecular complexity index is 388. The summed E-state index contributed by atoms with van der Waals surface area (Å²) >= 11 is 0. The summed E-state index contributed by atoms with van der Waals surface area (Å²) in [4.78, 5) is 27.5. The van der Waals surface area contributed by atoms with Gasteiger partial charge in [-0.05, 0) is 13.8 Å². The highest BCUT2D eigenvalue weighted by molar-refractivity contribution is 5.90. The minimum absolute atomic E-state index is 0.0738. The lowest BCUT2D eigenvalue weighted by molar-refractivity contribution is -0.137. The van der Waals surface area contributed by atoms with E-state index < -0.39 is 5.97 Å². The zero-order valence-corrected chi connectivity index (χ0v) is 9.23. The van der Waals surface area contributed by atoms with Gasteiger partial charge in [-0.2, -0.15) is 0 Å². The van der Waals surface area contributed by atoms with Crippen molar-refractivity contribution in [1.82, 2.24) is 20.1 Å². The van der Waals surface area contributed by atoms with Gasteiger partial charge >= 0.3 is 5.97 Å². The summed E-state index contributed by atoms with van der Waals surface area (Å²) in [6.07, 6.45) is -0.0804. The van der Waals surface area contributed by atoms with Crippen LogP contribution in [0.1, 0.15) is 29.8 Å². The van der Waals surface area contributed by atoms with E-state index in [1.807, 2.05) is 0 Å². The molecule has 0 aromatic carbocycles. The van der Waals surface area contributed by atoms with Crippen molar-refractivity contribution in [3.8, 4) is 0 Å². The molecule has 0 fully saturated rings. The molecule has 0 aliphatic rings. The van der Waals surface area contributed by atoms with Crippen LogP contribution in [0.5, 0.6) is 0 Å². The first kappa shape index (κ1) is 12.2. The molecule has 0 saturated carbocycles. The second kappa shape index (κ2) is 5.24. The van der Waals surface area contributed by atoms with E-state index in [0.717, 1.165) is 0 Å². The minimum atomic E-state index is -0.933. The zero-order valence-electron chi connectivity index (χ0n) is 9.23. The molecule has 1 heterocycles. The van der Waals surface area contributed by atoms with Crippen LogP contribution in [0, 0.1) is 6.92 Å². The summed E-state index contributed by atoms with van der Waals surface area (Å²) in [7, 11) is 0. The van der Waals surface area contributed by atoms with Crippen LogP contribution in [0.3, 0.4) is 0 Å². The number of amides is 1. The molecule has 0 radical (unpaired) electrons. The number of carbonyl (C=O) groups is 2. The molecule has 0 atom stereocenters. The van der Waals surface area contributed by atoms with Gasteiger partial charge in [-0.25, -0.2) is 4.98 Å². The molecule has 0 unspecified atom stereocenters. The summed E-state index contributed by atoms with van der Waals surface area (Å²) in [5.41, 5.74) is 0. The van der Waals surface area contributed by atoms with Crippen LogP contribution < -0.4 is 0 Å². The molecule has 7 heteroatoms. The van der Waals surface area contributed by atoms with Crippen LogP contribution in [0.4, 0.5) is 0 Å². The second-order valence-corrected chi connectivity index (χ2v) is 3.27. The Morgan fingerprint density at radius 2 is 2.19 bits per heavy atom. The number of carbonyl (C=O) groups excluding carboxylic acids is 1. The van der Waals surface area contributed by atoms with Crippen LogP contribution in [-0.4, -0.2) is 50.2 Å². The van der Waals surface area contributed by atoms with E-state index in [9.17, 15) is 9.59 Å². The number of hydrogen-bond acceptors (Lipinski definition) is 4. The molecule has 0 bridgehead atoms. The molecule has 0 aliphatic carbocycles. The molecule has 0 aliphatic heterocycles. The van der Waals surface area contributed by atoms with Crippen molar-refractivity contribution in [2.24, 2.45) is 0 Å². The number of carboxylic acids is 1. The summed E-state index contributed by atoms with van der Waals surface area (Å²) in [6.45, 7) is 4.06. The maximum atomic E-state index is 11.8. The Hall–Kier alpha value is -1.92. The third kappa shape index (κ3) is 3.04. The van der Waals surface area contributed by atoms with Gasteiger partial charge in [-0.1, -0.05) is 0 Å². The number of aromatic nitrogens is 3. The van der Waals surface area contributed by atoms with Crippen molar-refractivity contribution in [2.45, 2.75) is 20.3 Å². The maximum Gasteiger partial charge on any atom is 0.305 e. The molecule has 1 aromatic heterocycles. The first-order valence-electron chi connectivity index (χ1n) is 4.94.